The Labute approximate surface area is 104 Å². The number of hydrogen-bond donors (Lipinski definition) is 1. The molecule has 1 aliphatic carbocycles. The van der Waals surface area contributed by atoms with Gasteiger partial charge in [0, 0.05) is 19.7 Å². The van der Waals surface area contributed by atoms with E-state index < -0.39 is 0 Å². The highest BCUT2D eigenvalue weighted by molar-refractivity contribution is 5.13. The molecule has 4 heteroatoms. The highest BCUT2D eigenvalue weighted by Gasteiger charge is 2.41. The first kappa shape index (κ1) is 12.8. The molecule has 2 aliphatic rings. The predicted octanol–water partition coefficient (Wildman–Crippen LogP) is 1.13. The molecular formula is C13H23N3O. The monoisotopic (exact) mass is 237 g/mol. The van der Waals surface area contributed by atoms with E-state index in [9.17, 15) is 5.26 Å². The molecule has 1 saturated carbocycles. The minimum absolute atomic E-state index is 0.287. The lowest BCUT2D eigenvalue weighted by atomic mass is 9.99. The summed E-state index contributed by atoms with van der Waals surface area (Å²) in [5.74, 6) is 0. The third-order valence-electron chi connectivity index (χ3n) is 4.44. The van der Waals surface area contributed by atoms with Crippen molar-refractivity contribution in [1.82, 2.24) is 10.2 Å². The van der Waals surface area contributed by atoms with Gasteiger partial charge < -0.3 is 10.1 Å². The third-order valence-corrected chi connectivity index (χ3v) is 4.44. The van der Waals surface area contributed by atoms with Crippen LogP contribution in [0.2, 0.25) is 0 Å². The van der Waals surface area contributed by atoms with Crippen molar-refractivity contribution in [2.45, 2.75) is 49.8 Å². The molecular weight excluding hydrogens is 214 g/mol. The molecule has 0 radical (unpaired) electrons. The van der Waals surface area contributed by atoms with Gasteiger partial charge in [-0.1, -0.05) is 0 Å². The van der Waals surface area contributed by atoms with Crippen molar-refractivity contribution in [2.24, 2.45) is 0 Å². The second kappa shape index (κ2) is 5.34. The van der Waals surface area contributed by atoms with E-state index in [1.165, 1.54) is 12.8 Å². The summed E-state index contributed by atoms with van der Waals surface area (Å²) in [4.78, 5) is 2.52. The van der Waals surface area contributed by atoms with Gasteiger partial charge in [-0.2, -0.15) is 5.26 Å². The molecule has 3 unspecified atom stereocenters. The van der Waals surface area contributed by atoms with Crippen molar-refractivity contribution in [3.05, 3.63) is 0 Å². The van der Waals surface area contributed by atoms with E-state index in [2.05, 4.69) is 16.3 Å². The average molecular weight is 237 g/mol. The number of likely N-dealkylation sites (tertiary alicyclic amines) is 1. The molecule has 96 valence electrons. The van der Waals surface area contributed by atoms with Gasteiger partial charge in [0.25, 0.3) is 0 Å². The van der Waals surface area contributed by atoms with Gasteiger partial charge in [-0.15, -0.1) is 0 Å². The van der Waals surface area contributed by atoms with Crippen molar-refractivity contribution >= 4 is 0 Å². The lowest BCUT2D eigenvalue weighted by Gasteiger charge is -2.36. The van der Waals surface area contributed by atoms with Crippen LogP contribution < -0.4 is 5.32 Å². The van der Waals surface area contributed by atoms with Crippen LogP contribution in [0, 0.1) is 11.3 Å². The number of hydrogen-bond acceptors (Lipinski definition) is 4. The number of nitrogens with zero attached hydrogens (tertiary/aromatic N) is 2. The minimum Gasteiger partial charge on any atom is -0.380 e. The molecule has 1 N–H and O–H groups in total. The van der Waals surface area contributed by atoms with Crippen LogP contribution in [0.5, 0.6) is 0 Å². The molecule has 0 amide bonds. The summed E-state index contributed by atoms with van der Waals surface area (Å²) >= 11 is 0. The van der Waals surface area contributed by atoms with Gasteiger partial charge in [-0.3, -0.25) is 4.90 Å². The van der Waals surface area contributed by atoms with E-state index in [-0.39, 0.29) is 5.54 Å². The zero-order valence-electron chi connectivity index (χ0n) is 10.9. The van der Waals surface area contributed by atoms with Gasteiger partial charge in [0.2, 0.25) is 0 Å². The normalized spacial score (nSPS) is 39.1. The summed E-state index contributed by atoms with van der Waals surface area (Å²) in [6.07, 6.45) is 5.83. The molecule has 0 bridgehead atoms. The van der Waals surface area contributed by atoms with Crippen molar-refractivity contribution < 1.29 is 4.74 Å². The highest BCUT2D eigenvalue weighted by atomic mass is 16.5. The largest absolute Gasteiger partial charge is 0.380 e. The number of nitrogens with one attached hydrogen (secondary N) is 1. The molecule has 4 nitrogen and oxygen atoms in total. The molecule has 0 spiro atoms. The van der Waals surface area contributed by atoms with Crippen LogP contribution >= 0.6 is 0 Å². The molecule has 1 saturated heterocycles. The summed E-state index contributed by atoms with van der Waals surface area (Å²) in [7, 11) is 3.70. The molecule has 1 heterocycles. The second-order valence-electron chi connectivity index (χ2n) is 5.34. The minimum atomic E-state index is -0.287. The topological polar surface area (TPSA) is 48.3 Å². The first-order valence-electron chi connectivity index (χ1n) is 6.60. The van der Waals surface area contributed by atoms with E-state index in [1.54, 1.807) is 7.11 Å². The zero-order chi connectivity index (χ0) is 12.3. The summed E-state index contributed by atoms with van der Waals surface area (Å²) in [5.41, 5.74) is -0.287. The fraction of sp³-hybridized carbons (Fsp3) is 0.923. The highest BCUT2D eigenvalue weighted by Crippen LogP contribution is 2.33. The number of methoxy groups -OCH3 is 1. The summed E-state index contributed by atoms with van der Waals surface area (Å²) in [5, 5.41) is 12.5. The maximum atomic E-state index is 9.28. The van der Waals surface area contributed by atoms with Crippen LogP contribution in [0.25, 0.3) is 0 Å². The maximum Gasteiger partial charge on any atom is 0.108 e. The standard InChI is InChI=1S/C13H23N3O/c1-15-13(10-14)6-5-11(8-13)16-7-3-4-12(9-16)17-2/h11-12,15H,3-9H2,1-2H3. The Balaban J connectivity index is 1.94. The van der Waals surface area contributed by atoms with Gasteiger partial charge >= 0.3 is 0 Å². The van der Waals surface area contributed by atoms with Crippen LogP contribution in [0.1, 0.15) is 32.1 Å². The van der Waals surface area contributed by atoms with Crippen molar-refractivity contribution in [3.8, 4) is 6.07 Å². The van der Waals surface area contributed by atoms with Crippen molar-refractivity contribution in [2.75, 3.05) is 27.2 Å². The van der Waals surface area contributed by atoms with Gasteiger partial charge in [0.05, 0.1) is 12.2 Å². The summed E-state index contributed by atoms with van der Waals surface area (Å²) in [6.45, 7) is 2.20. The van der Waals surface area contributed by atoms with E-state index >= 15 is 0 Å². The Hall–Kier alpha value is -0.630. The average Bonchev–Trinajstić information content (AvgIpc) is 2.84. The number of ether oxygens (including phenoxy) is 1. The van der Waals surface area contributed by atoms with Crippen LogP contribution in [-0.4, -0.2) is 49.8 Å². The van der Waals surface area contributed by atoms with Crippen LogP contribution in [0.4, 0.5) is 0 Å². The second-order valence-corrected chi connectivity index (χ2v) is 5.34. The Morgan fingerprint density at radius 1 is 1.47 bits per heavy atom. The molecule has 17 heavy (non-hydrogen) atoms. The van der Waals surface area contributed by atoms with Crippen LogP contribution in [0.3, 0.4) is 0 Å². The van der Waals surface area contributed by atoms with Crippen LogP contribution in [-0.2, 0) is 4.74 Å². The number of piperidine rings is 1. The van der Waals surface area contributed by atoms with E-state index in [4.69, 9.17) is 4.74 Å². The fourth-order valence-corrected chi connectivity index (χ4v) is 3.21. The predicted molar refractivity (Wildman–Crippen MR) is 66.6 cm³/mol. The summed E-state index contributed by atoms with van der Waals surface area (Å²) < 4.78 is 5.46. The third kappa shape index (κ3) is 2.62. The molecule has 0 aromatic heterocycles. The van der Waals surface area contributed by atoms with Gasteiger partial charge in [-0.25, -0.2) is 0 Å². The molecule has 0 aromatic carbocycles. The van der Waals surface area contributed by atoms with E-state index in [1.807, 2.05) is 7.05 Å². The Bertz CT molecular complexity index is 302. The zero-order valence-corrected chi connectivity index (χ0v) is 10.9. The Kier molecular flexibility index (Phi) is 4.03. The SMILES string of the molecule is CNC1(C#N)CCC(N2CCCC(OC)C2)C1. The van der Waals surface area contributed by atoms with Gasteiger partial charge in [-0.05, 0) is 45.7 Å². The van der Waals surface area contributed by atoms with E-state index in [0.717, 1.165) is 32.4 Å². The van der Waals surface area contributed by atoms with Crippen molar-refractivity contribution in [1.29, 1.82) is 5.26 Å². The quantitative estimate of drug-likeness (QED) is 0.799. The Morgan fingerprint density at radius 3 is 2.88 bits per heavy atom. The lowest BCUT2D eigenvalue weighted by molar-refractivity contribution is 0.0148. The number of rotatable bonds is 3. The smallest absolute Gasteiger partial charge is 0.108 e. The van der Waals surface area contributed by atoms with Crippen molar-refractivity contribution in [3.63, 3.8) is 0 Å². The van der Waals surface area contributed by atoms with Gasteiger partial charge in [0.1, 0.15) is 5.54 Å². The lowest BCUT2D eigenvalue weighted by Crippen LogP contribution is -2.46. The molecule has 2 fully saturated rings. The van der Waals surface area contributed by atoms with Crippen LogP contribution in [0.15, 0.2) is 0 Å². The fourth-order valence-electron chi connectivity index (χ4n) is 3.21. The molecule has 2 rings (SSSR count). The maximum absolute atomic E-state index is 9.28. The first-order valence-corrected chi connectivity index (χ1v) is 6.60. The first-order chi connectivity index (χ1) is 8.23. The van der Waals surface area contributed by atoms with Gasteiger partial charge in [0.15, 0.2) is 0 Å². The van der Waals surface area contributed by atoms with E-state index in [0.29, 0.717) is 12.1 Å². The number of nitriles is 1. The molecule has 3 atom stereocenters. The Morgan fingerprint density at radius 2 is 2.29 bits per heavy atom. The summed E-state index contributed by atoms with van der Waals surface area (Å²) in [6, 6.07) is 3.01. The molecule has 1 aliphatic heterocycles. The molecule has 0 aromatic rings.